The van der Waals surface area contributed by atoms with Crippen LogP contribution in [0, 0.1) is 0 Å². The van der Waals surface area contributed by atoms with Gasteiger partial charge in [-0.05, 0) is 32.9 Å². The molecule has 0 spiro atoms. The van der Waals surface area contributed by atoms with Gasteiger partial charge in [-0.3, -0.25) is 0 Å². The summed E-state index contributed by atoms with van der Waals surface area (Å²) in [5.74, 6) is 0.635. The third-order valence-corrected chi connectivity index (χ3v) is 2.83. The first kappa shape index (κ1) is 17.8. The highest BCUT2D eigenvalue weighted by molar-refractivity contribution is 5.65. The quantitative estimate of drug-likeness (QED) is 0.869. The zero-order valence-corrected chi connectivity index (χ0v) is 13.8. The van der Waals surface area contributed by atoms with Crippen LogP contribution in [0.25, 0.3) is 11.3 Å². The van der Waals surface area contributed by atoms with Crippen molar-refractivity contribution in [2.45, 2.75) is 32.7 Å². The van der Waals surface area contributed by atoms with E-state index in [-0.39, 0.29) is 11.3 Å². The summed E-state index contributed by atoms with van der Waals surface area (Å²) < 4.78 is 41.1. The average Bonchev–Trinajstić information content (AvgIpc) is 2.43. The Morgan fingerprint density at radius 2 is 1.75 bits per heavy atom. The van der Waals surface area contributed by atoms with Crippen molar-refractivity contribution in [1.29, 1.82) is 0 Å². The fraction of sp³-hybridized carbons (Fsp3) is 0.375. The normalized spacial score (nSPS) is 12.0. The number of benzene rings is 1. The highest BCUT2D eigenvalue weighted by atomic mass is 19.4. The smallest absolute Gasteiger partial charge is 0.406 e. The number of rotatable bonds is 4. The van der Waals surface area contributed by atoms with Gasteiger partial charge in [0, 0.05) is 24.2 Å². The molecule has 2 aromatic rings. The Balaban J connectivity index is 2.40. The molecule has 0 unspecified atom stereocenters. The van der Waals surface area contributed by atoms with Gasteiger partial charge in [-0.25, -0.2) is 4.98 Å². The first-order valence-corrected chi connectivity index (χ1v) is 7.27. The Labute approximate surface area is 138 Å². The molecule has 2 N–H and O–H groups in total. The van der Waals surface area contributed by atoms with Crippen LogP contribution in [0.5, 0.6) is 5.75 Å². The predicted molar refractivity (Wildman–Crippen MR) is 87.1 cm³/mol. The van der Waals surface area contributed by atoms with Gasteiger partial charge in [0.05, 0.1) is 5.69 Å². The van der Waals surface area contributed by atoms with Crippen molar-refractivity contribution < 1.29 is 17.9 Å². The van der Waals surface area contributed by atoms with Crippen molar-refractivity contribution >= 4 is 11.8 Å². The van der Waals surface area contributed by atoms with Crippen molar-refractivity contribution in [2.75, 3.05) is 17.7 Å². The monoisotopic (exact) mass is 340 g/mol. The zero-order chi connectivity index (χ0) is 18.0. The number of nitrogens with one attached hydrogen (secondary N) is 2. The Hall–Kier alpha value is -2.51. The fourth-order valence-corrected chi connectivity index (χ4v) is 1.97. The molecule has 8 heteroatoms. The van der Waals surface area contributed by atoms with Crippen LogP contribution in [0.1, 0.15) is 20.8 Å². The standard InChI is InChI=1S/C16H19F3N4O/c1-15(2,3)23-14-21-12(9-13(20-4)22-14)10-6-5-7-11(8-10)24-16(17,18)19/h5-9H,1-4H3,(H2,20,21,22,23). The molecular formula is C16H19F3N4O. The minimum absolute atomic E-state index is 0.259. The number of nitrogens with zero attached hydrogens (tertiary/aromatic N) is 2. The van der Waals surface area contributed by atoms with E-state index in [1.54, 1.807) is 19.2 Å². The van der Waals surface area contributed by atoms with Crippen LogP contribution in [0.15, 0.2) is 30.3 Å². The third-order valence-electron chi connectivity index (χ3n) is 2.83. The maximum absolute atomic E-state index is 12.4. The van der Waals surface area contributed by atoms with Crippen LogP contribution in [-0.4, -0.2) is 28.9 Å². The maximum atomic E-state index is 12.4. The molecule has 0 atom stereocenters. The highest BCUT2D eigenvalue weighted by Gasteiger charge is 2.31. The van der Waals surface area contributed by atoms with Gasteiger partial charge in [0.25, 0.3) is 0 Å². The number of anilines is 2. The van der Waals surface area contributed by atoms with E-state index in [1.165, 1.54) is 18.2 Å². The molecule has 0 amide bonds. The minimum atomic E-state index is -4.74. The van der Waals surface area contributed by atoms with E-state index in [9.17, 15) is 13.2 Å². The number of ether oxygens (including phenoxy) is 1. The van der Waals surface area contributed by atoms with Gasteiger partial charge < -0.3 is 15.4 Å². The SMILES string of the molecule is CNc1cc(-c2cccc(OC(F)(F)F)c2)nc(NC(C)(C)C)n1. The van der Waals surface area contributed by atoms with Gasteiger partial charge in [-0.1, -0.05) is 12.1 Å². The van der Waals surface area contributed by atoms with Crippen molar-refractivity contribution in [3.05, 3.63) is 30.3 Å². The summed E-state index contributed by atoms with van der Waals surface area (Å²) in [4.78, 5) is 8.68. The lowest BCUT2D eigenvalue weighted by Crippen LogP contribution is -2.27. The number of hydrogen-bond donors (Lipinski definition) is 2. The summed E-state index contributed by atoms with van der Waals surface area (Å²) in [5.41, 5.74) is 0.714. The third kappa shape index (κ3) is 5.29. The van der Waals surface area contributed by atoms with E-state index >= 15 is 0 Å². The molecule has 0 aliphatic rings. The first-order chi connectivity index (χ1) is 11.1. The van der Waals surface area contributed by atoms with Gasteiger partial charge in [-0.2, -0.15) is 4.98 Å². The van der Waals surface area contributed by atoms with Crippen molar-refractivity contribution in [3.8, 4) is 17.0 Å². The molecule has 0 saturated heterocycles. The second-order valence-electron chi connectivity index (χ2n) is 6.16. The van der Waals surface area contributed by atoms with Crippen LogP contribution in [-0.2, 0) is 0 Å². The molecule has 1 heterocycles. The first-order valence-electron chi connectivity index (χ1n) is 7.27. The van der Waals surface area contributed by atoms with Crippen molar-refractivity contribution in [1.82, 2.24) is 9.97 Å². The van der Waals surface area contributed by atoms with E-state index in [4.69, 9.17) is 0 Å². The van der Waals surface area contributed by atoms with Crippen LogP contribution in [0.2, 0.25) is 0 Å². The molecule has 1 aromatic heterocycles. The Bertz CT molecular complexity index is 711. The van der Waals surface area contributed by atoms with Crippen LogP contribution >= 0.6 is 0 Å². The summed E-state index contributed by atoms with van der Waals surface area (Å²) in [6.07, 6.45) is -4.74. The summed E-state index contributed by atoms with van der Waals surface area (Å²) in [7, 11) is 1.70. The molecule has 130 valence electrons. The summed E-state index contributed by atoms with van der Waals surface area (Å²) in [6, 6.07) is 7.32. The molecule has 24 heavy (non-hydrogen) atoms. The highest BCUT2D eigenvalue weighted by Crippen LogP contribution is 2.28. The average molecular weight is 340 g/mol. The lowest BCUT2D eigenvalue weighted by molar-refractivity contribution is -0.274. The maximum Gasteiger partial charge on any atom is 0.573 e. The summed E-state index contributed by atoms with van der Waals surface area (Å²) in [5, 5.41) is 6.06. The second kappa shape index (κ2) is 6.54. The fourth-order valence-electron chi connectivity index (χ4n) is 1.97. The number of alkyl halides is 3. The molecule has 0 bridgehead atoms. The topological polar surface area (TPSA) is 59.1 Å². The minimum Gasteiger partial charge on any atom is -0.406 e. The Kier molecular flexibility index (Phi) is 4.86. The summed E-state index contributed by atoms with van der Waals surface area (Å²) in [6.45, 7) is 5.87. The number of halogens is 3. The van der Waals surface area contributed by atoms with Gasteiger partial charge in [0.2, 0.25) is 5.95 Å². The summed E-state index contributed by atoms with van der Waals surface area (Å²) >= 11 is 0. The lowest BCUT2D eigenvalue weighted by atomic mass is 10.1. The van der Waals surface area contributed by atoms with Crippen molar-refractivity contribution in [2.24, 2.45) is 0 Å². The molecule has 0 fully saturated rings. The van der Waals surface area contributed by atoms with Gasteiger partial charge >= 0.3 is 6.36 Å². The molecule has 1 aromatic carbocycles. The van der Waals surface area contributed by atoms with Crippen molar-refractivity contribution in [3.63, 3.8) is 0 Å². The van der Waals surface area contributed by atoms with E-state index in [1.807, 2.05) is 20.8 Å². The molecule has 5 nitrogen and oxygen atoms in total. The van der Waals surface area contributed by atoms with Crippen LogP contribution < -0.4 is 15.4 Å². The zero-order valence-electron chi connectivity index (χ0n) is 13.8. The van der Waals surface area contributed by atoms with E-state index in [0.717, 1.165) is 0 Å². The van der Waals surface area contributed by atoms with Crippen LogP contribution in [0.4, 0.5) is 24.9 Å². The number of hydrogen-bond acceptors (Lipinski definition) is 5. The molecule has 0 radical (unpaired) electrons. The largest absolute Gasteiger partial charge is 0.573 e. The van der Waals surface area contributed by atoms with Crippen LogP contribution in [0.3, 0.4) is 0 Å². The molecule has 0 aliphatic heterocycles. The predicted octanol–water partition coefficient (Wildman–Crippen LogP) is 4.29. The molecule has 2 rings (SSSR count). The second-order valence-corrected chi connectivity index (χ2v) is 6.16. The molecule has 0 saturated carbocycles. The molecule has 0 aliphatic carbocycles. The Morgan fingerprint density at radius 1 is 1.04 bits per heavy atom. The van der Waals surface area contributed by atoms with E-state index < -0.39 is 6.36 Å². The Morgan fingerprint density at radius 3 is 2.33 bits per heavy atom. The van der Waals surface area contributed by atoms with Gasteiger partial charge in [0.1, 0.15) is 11.6 Å². The lowest BCUT2D eigenvalue weighted by Gasteiger charge is -2.21. The van der Waals surface area contributed by atoms with Gasteiger partial charge in [0.15, 0.2) is 0 Å². The van der Waals surface area contributed by atoms with E-state index in [0.29, 0.717) is 23.0 Å². The molecular weight excluding hydrogens is 321 g/mol. The van der Waals surface area contributed by atoms with Gasteiger partial charge in [-0.15, -0.1) is 13.2 Å². The van der Waals surface area contributed by atoms with E-state index in [2.05, 4.69) is 25.3 Å². The number of aromatic nitrogens is 2.